The molecule has 0 aliphatic heterocycles. The fourth-order valence-electron chi connectivity index (χ4n) is 2.30. The van der Waals surface area contributed by atoms with Gasteiger partial charge >= 0.3 is 0 Å². The van der Waals surface area contributed by atoms with Crippen molar-refractivity contribution in [2.75, 3.05) is 7.11 Å². The fraction of sp³-hybridized carbons (Fsp3) is 0.462. The van der Waals surface area contributed by atoms with Crippen molar-refractivity contribution in [3.63, 3.8) is 0 Å². The third kappa shape index (κ3) is 2.38. The predicted octanol–water partition coefficient (Wildman–Crippen LogP) is 1.76. The van der Waals surface area contributed by atoms with Gasteiger partial charge in [0.15, 0.2) is 0 Å². The Balaban J connectivity index is 1.87. The second-order valence-corrected chi connectivity index (χ2v) is 4.67. The first-order valence-electron chi connectivity index (χ1n) is 6.50. The molecule has 0 amide bonds. The van der Waals surface area contributed by atoms with Gasteiger partial charge in [0, 0.05) is 12.5 Å². The van der Waals surface area contributed by atoms with Crippen LogP contribution in [0.4, 0.5) is 0 Å². The summed E-state index contributed by atoms with van der Waals surface area (Å²) in [4.78, 5) is 24.1. The number of methoxy groups -OCH3 is 1. The van der Waals surface area contributed by atoms with Crippen molar-refractivity contribution in [1.29, 1.82) is 0 Å². The molecule has 0 saturated heterocycles. The van der Waals surface area contributed by atoms with E-state index in [-0.39, 0.29) is 11.7 Å². The van der Waals surface area contributed by atoms with Crippen molar-refractivity contribution < 1.29 is 14.1 Å². The minimum atomic E-state index is -0.270. The lowest BCUT2D eigenvalue weighted by Crippen LogP contribution is -2.17. The van der Waals surface area contributed by atoms with Crippen molar-refractivity contribution >= 4 is 5.78 Å². The van der Waals surface area contributed by atoms with Gasteiger partial charge in [0.2, 0.25) is 17.6 Å². The summed E-state index contributed by atoms with van der Waals surface area (Å²) < 4.78 is 10.2. The predicted molar refractivity (Wildman–Crippen MR) is 68.1 cm³/mol. The highest BCUT2D eigenvalue weighted by molar-refractivity contribution is 5.85. The summed E-state index contributed by atoms with van der Waals surface area (Å²) in [6.07, 6.45) is 4.68. The molecular weight excluding hydrogens is 260 g/mol. The first-order chi connectivity index (χ1) is 9.78. The van der Waals surface area contributed by atoms with Gasteiger partial charge in [-0.25, -0.2) is 9.97 Å². The summed E-state index contributed by atoms with van der Waals surface area (Å²) in [6, 6.07) is 1.62. The van der Waals surface area contributed by atoms with Crippen LogP contribution in [0.3, 0.4) is 0 Å². The molecule has 1 aliphatic rings. The number of rotatable bonds is 3. The lowest BCUT2D eigenvalue weighted by atomic mass is 9.88. The van der Waals surface area contributed by atoms with Crippen LogP contribution in [-0.2, 0) is 4.79 Å². The van der Waals surface area contributed by atoms with Gasteiger partial charge in [0.05, 0.1) is 13.0 Å². The van der Waals surface area contributed by atoms with Crippen molar-refractivity contribution in [3.8, 4) is 17.4 Å². The van der Waals surface area contributed by atoms with Crippen LogP contribution < -0.4 is 4.74 Å². The Morgan fingerprint density at radius 3 is 3.05 bits per heavy atom. The highest BCUT2D eigenvalue weighted by Gasteiger charge is 2.29. The molecule has 3 rings (SSSR count). The number of ketones is 1. The Hall–Kier alpha value is -2.31. The van der Waals surface area contributed by atoms with Crippen molar-refractivity contribution in [3.05, 3.63) is 18.3 Å². The Bertz CT molecular complexity index is 626. The maximum Gasteiger partial charge on any atom is 0.237 e. The Morgan fingerprint density at radius 2 is 2.25 bits per heavy atom. The second kappa shape index (κ2) is 5.36. The van der Waals surface area contributed by atoms with E-state index in [0.29, 0.717) is 29.7 Å². The van der Waals surface area contributed by atoms with E-state index < -0.39 is 0 Å². The molecule has 1 unspecified atom stereocenters. The van der Waals surface area contributed by atoms with Gasteiger partial charge in [0.25, 0.3) is 0 Å². The maximum atomic E-state index is 11.9. The van der Waals surface area contributed by atoms with Crippen LogP contribution >= 0.6 is 0 Å². The molecule has 0 bridgehead atoms. The molecule has 0 N–H and O–H groups in total. The Morgan fingerprint density at radius 1 is 1.35 bits per heavy atom. The minimum Gasteiger partial charge on any atom is -0.481 e. The molecule has 2 aromatic heterocycles. The number of hydrogen-bond donors (Lipinski definition) is 0. The molecule has 1 saturated carbocycles. The second-order valence-electron chi connectivity index (χ2n) is 4.67. The summed E-state index contributed by atoms with van der Waals surface area (Å²) in [5.74, 6) is 1.05. The topological polar surface area (TPSA) is 91.0 Å². The largest absolute Gasteiger partial charge is 0.481 e. The lowest BCUT2D eigenvalue weighted by molar-refractivity contribution is -0.122. The number of aromatic nitrogens is 4. The number of nitrogens with zero attached hydrogens (tertiary/aromatic N) is 4. The molecule has 1 fully saturated rings. The zero-order valence-electron chi connectivity index (χ0n) is 11.1. The molecule has 7 nitrogen and oxygen atoms in total. The average molecular weight is 274 g/mol. The quantitative estimate of drug-likeness (QED) is 0.842. The number of carbonyl (C=O) groups is 1. The highest BCUT2D eigenvalue weighted by atomic mass is 16.5. The molecule has 0 radical (unpaired) electrons. The van der Waals surface area contributed by atoms with E-state index in [9.17, 15) is 4.79 Å². The van der Waals surface area contributed by atoms with E-state index in [1.54, 1.807) is 6.07 Å². The Kier molecular flexibility index (Phi) is 3.41. The van der Waals surface area contributed by atoms with E-state index in [1.165, 1.54) is 13.4 Å². The number of carbonyl (C=O) groups excluding carboxylic acids is 1. The van der Waals surface area contributed by atoms with Gasteiger partial charge in [-0.05, 0) is 12.8 Å². The van der Waals surface area contributed by atoms with Crippen LogP contribution in [0.15, 0.2) is 16.9 Å². The maximum absolute atomic E-state index is 11.9. The van der Waals surface area contributed by atoms with Gasteiger partial charge in [0.1, 0.15) is 17.8 Å². The monoisotopic (exact) mass is 274 g/mol. The standard InChI is InChI=1S/C13H14N4O3/c1-19-11-6-9(14-7-15-11)12-16-13(20-17-12)8-4-2-3-5-10(8)18/h6-8H,2-5H2,1H3. The average Bonchev–Trinajstić information content (AvgIpc) is 2.97. The molecule has 1 aliphatic carbocycles. The molecule has 2 heterocycles. The smallest absolute Gasteiger partial charge is 0.237 e. The zero-order chi connectivity index (χ0) is 13.9. The molecule has 0 spiro atoms. The van der Waals surface area contributed by atoms with Crippen LogP contribution in [0.25, 0.3) is 11.5 Å². The molecular formula is C13H14N4O3. The van der Waals surface area contributed by atoms with E-state index in [4.69, 9.17) is 9.26 Å². The number of ether oxygens (including phenoxy) is 1. The molecule has 0 aromatic carbocycles. The van der Waals surface area contributed by atoms with E-state index in [1.807, 2.05) is 0 Å². The summed E-state index contributed by atoms with van der Waals surface area (Å²) in [5, 5.41) is 3.89. The summed E-state index contributed by atoms with van der Waals surface area (Å²) in [5.41, 5.74) is 0.509. The number of Topliss-reactive ketones (excluding diaryl/α,β-unsaturated/α-hetero) is 1. The van der Waals surface area contributed by atoms with Crippen LogP contribution in [0.5, 0.6) is 5.88 Å². The van der Waals surface area contributed by atoms with E-state index >= 15 is 0 Å². The first-order valence-corrected chi connectivity index (χ1v) is 6.50. The normalized spacial score (nSPS) is 19.1. The molecule has 104 valence electrons. The van der Waals surface area contributed by atoms with Crippen molar-refractivity contribution in [2.45, 2.75) is 31.6 Å². The van der Waals surface area contributed by atoms with Crippen molar-refractivity contribution in [1.82, 2.24) is 20.1 Å². The van der Waals surface area contributed by atoms with Crippen LogP contribution in [0, 0.1) is 0 Å². The van der Waals surface area contributed by atoms with Crippen LogP contribution in [0.1, 0.15) is 37.5 Å². The lowest BCUT2D eigenvalue weighted by Gasteiger charge is -2.16. The van der Waals surface area contributed by atoms with Gasteiger partial charge in [-0.15, -0.1) is 0 Å². The van der Waals surface area contributed by atoms with Gasteiger partial charge in [-0.3, -0.25) is 4.79 Å². The zero-order valence-corrected chi connectivity index (χ0v) is 11.1. The molecule has 1 atom stereocenters. The third-order valence-corrected chi connectivity index (χ3v) is 3.37. The van der Waals surface area contributed by atoms with Crippen molar-refractivity contribution in [2.24, 2.45) is 0 Å². The van der Waals surface area contributed by atoms with E-state index in [0.717, 1.165) is 19.3 Å². The fourth-order valence-corrected chi connectivity index (χ4v) is 2.30. The summed E-state index contributed by atoms with van der Waals surface area (Å²) in [7, 11) is 1.52. The van der Waals surface area contributed by atoms with Gasteiger partial charge in [-0.2, -0.15) is 4.98 Å². The first kappa shape index (κ1) is 12.7. The summed E-state index contributed by atoms with van der Waals surface area (Å²) in [6.45, 7) is 0. The third-order valence-electron chi connectivity index (χ3n) is 3.37. The Labute approximate surface area is 115 Å². The number of hydrogen-bond acceptors (Lipinski definition) is 7. The van der Waals surface area contributed by atoms with Gasteiger partial charge in [-0.1, -0.05) is 11.6 Å². The SMILES string of the molecule is COc1cc(-c2noc(C3CCCCC3=O)n2)ncn1. The van der Waals surface area contributed by atoms with E-state index in [2.05, 4.69) is 20.1 Å². The summed E-state index contributed by atoms with van der Waals surface area (Å²) >= 11 is 0. The molecule has 20 heavy (non-hydrogen) atoms. The molecule has 2 aromatic rings. The van der Waals surface area contributed by atoms with Crippen LogP contribution in [0.2, 0.25) is 0 Å². The minimum absolute atomic E-state index is 0.173. The van der Waals surface area contributed by atoms with Gasteiger partial charge < -0.3 is 9.26 Å². The molecule has 7 heteroatoms. The highest BCUT2D eigenvalue weighted by Crippen LogP contribution is 2.30. The van der Waals surface area contributed by atoms with Crippen LogP contribution in [-0.4, -0.2) is 33.0 Å².